The number of benzene rings is 1. The molecule has 1 aliphatic rings. The van der Waals surface area contributed by atoms with E-state index in [1.807, 2.05) is 19.2 Å². The molecule has 0 amide bonds. The van der Waals surface area contributed by atoms with Gasteiger partial charge in [0.2, 0.25) is 0 Å². The van der Waals surface area contributed by atoms with E-state index in [-0.39, 0.29) is 5.82 Å². The Morgan fingerprint density at radius 2 is 2.11 bits per heavy atom. The zero-order chi connectivity index (χ0) is 13.0. The fraction of sp³-hybridized carbons (Fsp3) is 0.600. The van der Waals surface area contributed by atoms with E-state index in [2.05, 4.69) is 17.1 Å². The zero-order valence-corrected chi connectivity index (χ0v) is 11.3. The summed E-state index contributed by atoms with van der Waals surface area (Å²) in [5.41, 5.74) is 1.22. The van der Waals surface area contributed by atoms with Crippen LogP contribution in [0.15, 0.2) is 24.3 Å². The number of halogens is 1. The third-order valence-electron chi connectivity index (χ3n) is 3.93. The summed E-state index contributed by atoms with van der Waals surface area (Å²) >= 11 is 0. The van der Waals surface area contributed by atoms with Gasteiger partial charge in [0.25, 0.3) is 0 Å². The molecule has 100 valence electrons. The van der Waals surface area contributed by atoms with E-state index in [1.165, 1.54) is 24.9 Å². The van der Waals surface area contributed by atoms with E-state index >= 15 is 0 Å². The predicted molar refractivity (Wildman–Crippen MR) is 73.2 cm³/mol. The molecule has 3 heteroatoms. The van der Waals surface area contributed by atoms with Crippen LogP contribution in [-0.2, 0) is 6.42 Å². The van der Waals surface area contributed by atoms with Gasteiger partial charge in [-0.15, -0.1) is 0 Å². The lowest BCUT2D eigenvalue weighted by Crippen LogP contribution is -2.48. The molecule has 0 aliphatic carbocycles. The first kappa shape index (κ1) is 13.5. The number of hydrogen-bond donors (Lipinski definition) is 1. The summed E-state index contributed by atoms with van der Waals surface area (Å²) in [5, 5.41) is 3.37. The van der Waals surface area contributed by atoms with Gasteiger partial charge in [0.15, 0.2) is 0 Å². The first-order chi connectivity index (χ1) is 8.69. The monoisotopic (exact) mass is 250 g/mol. The second-order valence-corrected chi connectivity index (χ2v) is 5.30. The summed E-state index contributed by atoms with van der Waals surface area (Å²) in [6.45, 7) is 4.57. The van der Waals surface area contributed by atoms with Crippen molar-refractivity contribution in [1.82, 2.24) is 10.2 Å². The molecule has 2 rings (SSSR count). The van der Waals surface area contributed by atoms with Gasteiger partial charge >= 0.3 is 0 Å². The third-order valence-corrected chi connectivity index (χ3v) is 3.93. The van der Waals surface area contributed by atoms with Crippen LogP contribution in [0.4, 0.5) is 4.39 Å². The van der Waals surface area contributed by atoms with Crippen LogP contribution in [-0.4, -0.2) is 37.1 Å². The number of hydrogen-bond acceptors (Lipinski definition) is 2. The van der Waals surface area contributed by atoms with Crippen molar-refractivity contribution in [3.8, 4) is 0 Å². The summed E-state index contributed by atoms with van der Waals surface area (Å²) in [4.78, 5) is 2.54. The Labute approximate surface area is 109 Å². The van der Waals surface area contributed by atoms with Gasteiger partial charge < -0.3 is 5.32 Å². The number of rotatable bonds is 4. The Bertz CT molecular complexity index is 363. The number of piperidine rings is 1. The molecule has 1 aliphatic heterocycles. The summed E-state index contributed by atoms with van der Waals surface area (Å²) in [6.07, 6.45) is 3.53. The predicted octanol–water partition coefficient (Wildman–Crippen LogP) is 2.44. The largest absolute Gasteiger partial charge is 0.316 e. The molecule has 0 aromatic heterocycles. The van der Waals surface area contributed by atoms with Crippen LogP contribution in [0.2, 0.25) is 0 Å². The topological polar surface area (TPSA) is 15.3 Å². The number of likely N-dealkylation sites (N-methyl/N-ethyl adjacent to an activating group) is 1. The van der Waals surface area contributed by atoms with Crippen molar-refractivity contribution in [3.05, 3.63) is 35.6 Å². The van der Waals surface area contributed by atoms with Gasteiger partial charge in [0, 0.05) is 18.6 Å². The standard InChI is InChI=1S/C15H23FN2/c1-12(10-13-5-7-14(16)8-6-13)18-9-3-4-15(11-18)17-2/h5-8,12,15,17H,3-4,9-11H2,1-2H3. The highest BCUT2D eigenvalue weighted by molar-refractivity contribution is 5.17. The van der Waals surface area contributed by atoms with Crippen LogP contribution < -0.4 is 5.32 Å². The number of likely N-dealkylation sites (tertiary alicyclic amines) is 1. The zero-order valence-electron chi connectivity index (χ0n) is 11.3. The second kappa shape index (κ2) is 6.30. The molecule has 1 fully saturated rings. The van der Waals surface area contributed by atoms with Gasteiger partial charge in [0.1, 0.15) is 5.82 Å². The fourth-order valence-corrected chi connectivity index (χ4v) is 2.73. The first-order valence-electron chi connectivity index (χ1n) is 6.85. The Morgan fingerprint density at radius 1 is 1.39 bits per heavy atom. The smallest absolute Gasteiger partial charge is 0.123 e. The third kappa shape index (κ3) is 3.53. The summed E-state index contributed by atoms with van der Waals surface area (Å²) in [7, 11) is 2.04. The van der Waals surface area contributed by atoms with E-state index < -0.39 is 0 Å². The number of nitrogens with zero attached hydrogens (tertiary/aromatic N) is 1. The average Bonchev–Trinajstić information content (AvgIpc) is 2.41. The molecule has 1 aromatic rings. The molecule has 0 radical (unpaired) electrons. The first-order valence-corrected chi connectivity index (χ1v) is 6.85. The molecule has 2 nitrogen and oxygen atoms in total. The van der Waals surface area contributed by atoms with Crippen LogP contribution >= 0.6 is 0 Å². The van der Waals surface area contributed by atoms with Crippen molar-refractivity contribution < 1.29 is 4.39 Å². The van der Waals surface area contributed by atoms with E-state index in [1.54, 1.807) is 12.1 Å². The molecule has 2 unspecified atom stereocenters. The molecular weight excluding hydrogens is 227 g/mol. The minimum atomic E-state index is -0.153. The van der Waals surface area contributed by atoms with Gasteiger partial charge in [-0.25, -0.2) is 4.39 Å². The highest BCUT2D eigenvalue weighted by atomic mass is 19.1. The van der Waals surface area contributed by atoms with Crippen LogP contribution in [0.5, 0.6) is 0 Å². The van der Waals surface area contributed by atoms with Gasteiger partial charge in [-0.3, -0.25) is 4.90 Å². The van der Waals surface area contributed by atoms with Crippen molar-refractivity contribution in [2.45, 2.75) is 38.3 Å². The normalized spacial score (nSPS) is 22.9. The molecule has 0 spiro atoms. The van der Waals surface area contributed by atoms with E-state index in [0.29, 0.717) is 12.1 Å². The Kier molecular flexibility index (Phi) is 4.72. The SMILES string of the molecule is CNC1CCCN(C(C)Cc2ccc(F)cc2)C1. The van der Waals surface area contributed by atoms with Crippen LogP contribution in [0, 0.1) is 5.82 Å². The maximum absolute atomic E-state index is 12.9. The van der Waals surface area contributed by atoms with Crippen LogP contribution in [0.3, 0.4) is 0 Å². The molecule has 1 heterocycles. The summed E-state index contributed by atoms with van der Waals surface area (Å²) < 4.78 is 12.9. The molecular formula is C15H23FN2. The van der Waals surface area contributed by atoms with Gasteiger partial charge in [-0.1, -0.05) is 12.1 Å². The summed E-state index contributed by atoms with van der Waals surface area (Å²) in [6, 6.07) is 8.03. The van der Waals surface area contributed by atoms with Crippen LogP contribution in [0.25, 0.3) is 0 Å². The number of nitrogens with one attached hydrogen (secondary N) is 1. The van der Waals surface area contributed by atoms with E-state index in [0.717, 1.165) is 13.0 Å². The minimum Gasteiger partial charge on any atom is -0.316 e. The average molecular weight is 250 g/mol. The summed E-state index contributed by atoms with van der Waals surface area (Å²) in [5.74, 6) is -0.153. The van der Waals surface area contributed by atoms with Crippen molar-refractivity contribution >= 4 is 0 Å². The Morgan fingerprint density at radius 3 is 2.78 bits per heavy atom. The minimum absolute atomic E-state index is 0.153. The van der Waals surface area contributed by atoms with E-state index in [4.69, 9.17) is 0 Å². The Hall–Kier alpha value is -0.930. The molecule has 1 N–H and O–H groups in total. The lowest BCUT2D eigenvalue weighted by atomic mass is 10.0. The molecule has 18 heavy (non-hydrogen) atoms. The van der Waals surface area contributed by atoms with Gasteiger partial charge in [0.05, 0.1) is 0 Å². The lowest BCUT2D eigenvalue weighted by molar-refractivity contribution is 0.148. The van der Waals surface area contributed by atoms with Gasteiger partial charge in [-0.05, 0) is 57.5 Å². The maximum Gasteiger partial charge on any atom is 0.123 e. The molecule has 2 atom stereocenters. The van der Waals surface area contributed by atoms with Crippen molar-refractivity contribution in [2.75, 3.05) is 20.1 Å². The quantitative estimate of drug-likeness (QED) is 0.883. The maximum atomic E-state index is 12.9. The highest BCUT2D eigenvalue weighted by Gasteiger charge is 2.22. The van der Waals surface area contributed by atoms with Gasteiger partial charge in [-0.2, -0.15) is 0 Å². The molecule has 1 saturated heterocycles. The second-order valence-electron chi connectivity index (χ2n) is 5.30. The molecule has 0 saturated carbocycles. The fourth-order valence-electron chi connectivity index (χ4n) is 2.73. The van der Waals surface area contributed by atoms with E-state index in [9.17, 15) is 4.39 Å². The highest BCUT2D eigenvalue weighted by Crippen LogP contribution is 2.16. The van der Waals surface area contributed by atoms with Crippen molar-refractivity contribution in [1.29, 1.82) is 0 Å². The molecule has 0 bridgehead atoms. The Balaban J connectivity index is 1.90. The van der Waals surface area contributed by atoms with Crippen molar-refractivity contribution in [2.24, 2.45) is 0 Å². The molecule has 1 aromatic carbocycles. The lowest BCUT2D eigenvalue weighted by Gasteiger charge is -2.36. The van der Waals surface area contributed by atoms with Crippen molar-refractivity contribution in [3.63, 3.8) is 0 Å². The van der Waals surface area contributed by atoms with Crippen LogP contribution in [0.1, 0.15) is 25.3 Å².